The van der Waals surface area contributed by atoms with Crippen LogP contribution in [-0.4, -0.2) is 58.1 Å². The Labute approximate surface area is 156 Å². The average molecular weight is 371 g/mol. The molecule has 136 valence electrons. The van der Waals surface area contributed by atoms with Gasteiger partial charge in [0.2, 0.25) is 0 Å². The smallest absolute Gasteiger partial charge is 0.335 e. The highest BCUT2D eigenvalue weighted by Gasteiger charge is 2.36. The second-order valence-electron chi connectivity index (χ2n) is 6.85. The van der Waals surface area contributed by atoms with E-state index in [1.54, 1.807) is 18.2 Å². The van der Waals surface area contributed by atoms with Crippen molar-refractivity contribution in [1.82, 2.24) is 9.80 Å². The van der Waals surface area contributed by atoms with Gasteiger partial charge >= 0.3 is 5.97 Å². The van der Waals surface area contributed by atoms with E-state index in [0.29, 0.717) is 12.1 Å². The van der Waals surface area contributed by atoms with Gasteiger partial charge in [-0.15, -0.1) is 0 Å². The van der Waals surface area contributed by atoms with E-state index in [-0.39, 0.29) is 11.8 Å². The van der Waals surface area contributed by atoms with Gasteiger partial charge in [0.15, 0.2) is 5.17 Å². The largest absolute Gasteiger partial charge is 0.478 e. The summed E-state index contributed by atoms with van der Waals surface area (Å²) in [6.07, 6.45) is 1.90. The van der Waals surface area contributed by atoms with Gasteiger partial charge in [-0.2, -0.15) is 0 Å². The Balaban J connectivity index is 1.51. The third kappa shape index (κ3) is 3.00. The number of thioether (sulfide) groups is 1. The number of aromatic carboxylic acids is 1. The van der Waals surface area contributed by atoms with E-state index in [1.165, 1.54) is 11.8 Å². The van der Waals surface area contributed by atoms with Crippen LogP contribution in [0.4, 0.5) is 0 Å². The monoisotopic (exact) mass is 371 g/mol. The minimum absolute atomic E-state index is 0.0729. The molecule has 1 amide bonds. The van der Waals surface area contributed by atoms with Gasteiger partial charge in [0, 0.05) is 31.2 Å². The predicted octanol–water partition coefficient (Wildman–Crippen LogP) is 2.74. The lowest BCUT2D eigenvalue weighted by Crippen LogP contribution is -2.39. The molecule has 4 rings (SSSR count). The Morgan fingerprint density at radius 2 is 2.15 bits per heavy atom. The van der Waals surface area contributed by atoms with Crippen molar-refractivity contribution in [3.05, 3.63) is 46.0 Å². The molecular formula is C19H21N3O3S. The molecule has 6 nitrogen and oxygen atoms in total. The fourth-order valence-corrected chi connectivity index (χ4v) is 4.97. The molecule has 1 atom stereocenters. The number of hydrogen-bond donors (Lipinski definition) is 1. The molecule has 26 heavy (non-hydrogen) atoms. The highest BCUT2D eigenvalue weighted by atomic mass is 32.2. The van der Waals surface area contributed by atoms with E-state index in [2.05, 4.69) is 9.89 Å². The van der Waals surface area contributed by atoms with Crippen molar-refractivity contribution in [1.29, 1.82) is 0 Å². The number of aliphatic imine (C=N–C) groups is 1. The molecule has 1 N–H and O–H groups in total. The minimum Gasteiger partial charge on any atom is -0.478 e. The van der Waals surface area contributed by atoms with Crippen molar-refractivity contribution < 1.29 is 14.7 Å². The summed E-state index contributed by atoms with van der Waals surface area (Å²) in [5.74, 6) is -0.666. The van der Waals surface area contributed by atoms with Gasteiger partial charge in [-0.3, -0.25) is 9.79 Å². The van der Waals surface area contributed by atoms with Gasteiger partial charge in [-0.25, -0.2) is 4.79 Å². The van der Waals surface area contributed by atoms with Gasteiger partial charge in [0.25, 0.3) is 5.91 Å². The molecule has 3 aliphatic heterocycles. The van der Waals surface area contributed by atoms with Crippen LogP contribution in [-0.2, 0) is 4.79 Å². The number of amides is 1. The fraction of sp³-hybridized carbons (Fsp3) is 0.421. The van der Waals surface area contributed by atoms with Crippen LogP contribution in [0.1, 0.15) is 41.6 Å². The summed E-state index contributed by atoms with van der Waals surface area (Å²) in [7, 11) is 0. The number of amidine groups is 1. The number of carbonyl (C=O) groups is 2. The number of allylic oxidation sites excluding steroid dienone is 1. The third-order valence-corrected chi connectivity index (χ3v) is 6.44. The summed E-state index contributed by atoms with van der Waals surface area (Å²) in [6, 6.07) is 7.09. The van der Waals surface area contributed by atoms with Crippen LogP contribution in [0.3, 0.4) is 0 Å². The maximum absolute atomic E-state index is 13.1. The topological polar surface area (TPSA) is 73.2 Å². The predicted molar refractivity (Wildman–Crippen MR) is 101 cm³/mol. The van der Waals surface area contributed by atoms with Crippen LogP contribution in [0.2, 0.25) is 0 Å². The maximum Gasteiger partial charge on any atom is 0.335 e. The molecule has 0 spiro atoms. The normalized spacial score (nSPS) is 22.5. The van der Waals surface area contributed by atoms with E-state index < -0.39 is 5.97 Å². The molecule has 0 aliphatic carbocycles. The molecule has 1 aromatic carbocycles. The second kappa shape index (κ2) is 6.79. The summed E-state index contributed by atoms with van der Waals surface area (Å²) in [5, 5.41) is 10.1. The van der Waals surface area contributed by atoms with Crippen LogP contribution < -0.4 is 0 Å². The Hall–Kier alpha value is -2.28. The van der Waals surface area contributed by atoms with E-state index in [9.17, 15) is 14.7 Å². The van der Waals surface area contributed by atoms with Crippen LogP contribution in [0.25, 0.3) is 0 Å². The second-order valence-corrected chi connectivity index (χ2v) is 7.83. The zero-order valence-electron chi connectivity index (χ0n) is 14.6. The van der Waals surface area contributed by atoms with E-state index >= 15 is 0 Å². The first kappa shape index (κ1) is 17.1. The number of hydrogen-bond acceptors (Lipinski definition) is 5. The highest BCUT2D eigenvalue weighted by molar-refractivity contribution is 8.18. The molecule has 0 saturated carbocycles. The molecule has 1 fully saturated rings. The van der Waals surface area contributed by atoms with Crippen molar-refractivity contribution >= 4 is 28.8 Å². The van der Waals surface area contributed by atoms with Crippen LogP contribution in [0.5, 0.6) is 0 Å². The van der Waals surface area contributed by atoms with Crippen LogP contribution in [0, 0.1) is 0 Å². The number of carbonyl (C=O) groups excluding carboxylic acids is 1. The van der Waals surface area contributed by atoms with Crippen molar-refractivity contribution in [2.24, 2.45) is 4.99 Å². The van der Waals surface area contributed by atoms with Crippen molar-refractivity contribution in [3.8, 4) is 0 Å². The van der Waals surface area contributed by atoms with Crippen molar-refractivity contribution in [2.45, 2.75) is 25.7 Å². The Morgan fingerprint density at radius 1 is 1.31 bits per heavy atom. The van der Waals surface area contributed by atoms with Gasteiger partial charge in [-0.05, 0) is 49.2 Å². The number of rotatable bonds is 3. The van der Waals surface area contributed by atoms with Crippen molar-refractivity contribution in [2.75, 3.05) is 26.2 Å². The minimum atomic E-state index is -0.917. The molecule has 1 aromatic rings. The summed E-state index contributed by atoms with van der Waals surface area (Å²) < 4.78 is 0. The first-order chi connectivity index (χ1) is 12.5. The number of carboxylic acids is 1. The third-order valence-electron chi connectivity index (χ3n) is 5.24. The lowest BCUT2D eigenvalue weighted by Gasteiger charge is -2.33. The first-order valence-corrected chi connectivity index (χ1v) is 9.69. The zero-order valence-corrected chi connectivity index (χ0v) is 15.5. The molecule has 3 heterocycles. The summed E-state index contributed by atoms with van der Waals surface area (Å²) in [5.41, 5.74) is 2.30. The quantitative estimate of drug-likeness (QED) is 0.884. The molecule has 0 bridgehead atoms. The van der Waals surface area contributed by atoms with E-state index in [4.69, 9.17) is 0 Å². The maximum atomic E-state index is 13.1. The van der Waals surface area contributed by atoms with Crippen molar-refractivity contribution in [3.63, 3.8) is 0 Å². The Bertz CT molecular complexity index is 833. The lowest BCUT2D eigenvalue weighted by atomic mass is 9.89. The highest BCUT2D eigenvalue weighted by Crippen LogP contribution is 2.38. The van der Waals surface area contributed by atoms with E-state index in [1.807, 2.05) is 17.9 Å². The number of piperidine rings is 1. The standard InChI is InChI=1S/C19H21N3O3S/c1-12-16(26-19-20-7-9-22(12)19)17(23)21-8-3-6-15(11-21)13-4-2-5-14(10-13)18(24)25/h2,4-5,10,15H,3,6-9,11H2,1H3,(H,24,25)/t15-/m1/s1. The van der Waals surface area contributed by atoms with E-state index in [0.717, 1.165) is 53.8 Å². The molecule has 0 radical (unpaired) electrons. The summed E-state index contributed by atoms with van der Waals surface area (Å²) in [4.78, 5) is 33.6. The van der Waals surface area contributed by atoms with Gasteiger partial charge in [0.1, 0.15) is 0 Å². The summed E-state index contributed by atoms with van der Waals surface area (Å²) >= 11 is 1.48. The molecule has 7 heteroatoms. The molecule has 0 unspecified atom stereocenters. The number of nitrogens with zero attached hydrogens (tertiary/aromatic N) is 3. The lowest BCUT2D eigenvalue weighted by molar-refractivity contribution is -0.127. The van der Waals surface area contributed by atoms with Gasteiger partial charge in [-0.1, -0.05) is 12.1 Å². The zero-order chi connectivity index (χ0) is 18.3. The first-order valence-electron chi connectivity index (χ1n) is 8.88. The number of carboxylic acid groups (broad SMARTS) is 1. The SMILES string of the molecule is CC1=C(C(=O)N2CCC[C@@H](c3cccc(C(=O)O)c3)C2)SC2=NCCN21. The number of fused-ring (bicyclic) bond motifs is 1. The van der Waals surface area contributed by atoms with Crippen LogP contribution in [0.15, 0.2) is 39.9 Å². The van der Waals surface area contributed by atoms with Crippen LogP contribution >= 0.6 is 11.8 Å². The molecule has 0 aromatic heterocycles. The summed E-state index contributed by atoms with van der Waals surface area (Å²) in [6.45, 7) is 5.03. The molecule has 3 aliphatic rings. The Morgan fingerprint density at radius 3 is 2.92 bits per heavy atom. The average Bonchev–Trinajstić information content (AvgIpc) is 3.24. The fourth-order valence-electron chi connectivity index (χ4n) is 3.81. The van der Waals surface area contributed by atoms with Gasteiger partial charge < -0.3 is 14.9 Å². The number of likely N-dealkylation sites (tertiary alicyclic amines) is 1. The number of benzene rings is 1. The Kier molecular flexibility index (Phi) is 4.48. The molecule has 1 saturated heterocycles. The molecular weight excluding hydrogens is 350 g/mol. The van der Waals surface area contributed by atoms with Gasteiger partial charge in [0.05, 0.1) is 17.0 Å².